The van der Waals surface area contributed by atoms with Gasteiger partial charge >= 0.3 is 5.69 Å². The van der Waals surface area contributed by atoms with Gasteiger partial charge < -0.3 is 4.74 Å². The van der Waals surface area contributed by atoms with Crippen LogP contribution in [0.2, 0.25) is 0 Å². The zero-order valence-electron chi connectivity index (χ0n) is 9.62. The summed E-state index contributed by atoms with van der Waals surface area (Å²) in [5.41, 5.74) is -0.435. The van der Waals surface area contributed by atoms with E-state index < -0.39 is 14.9 Å². The molecule has 0 amide bonds. The quantitative estimate of drug-likeness (QED) is 0.647. The molecule has 1 aliphatic carbocycles. The Hall–Kier alpha value is -1.83. The molecule has 8 heteroatoms. The molecular weight excluding hydrogens is 260 g/mol. The summed E-state index contributed by atoms with van der Waals surface area (Å²) in [6.45, 7) is 0. The predicted octanol–water partition coefficient (Wildman–Crippen LogP) is 1.51. The number of nitro groups is 1. The van der Waals surface area contributed by atoms with Gasteiger partial charge in [0.05, 0.1) is 17.3 Å². The van der Waals surface area contributed by atoms with Crippen molar-refractivity contribution >= 4 is 21.4 Å². The average Bonchev–Trinajstić information content (AvgIpc) is 2.98. The van der Waals surface area contributed by atoms with Crippen LogP contribution in [0.3, 0.4) is 0 Å². The number of nitrogens with zero attached hydrogens (tertiary/aromatic N) is 1. The summed E-state index contributed by atoms with van der Waals surface area (Å²) in [5.74, 6) is 0.0937. The van der Waals surface area contributed by atoms with Gasteiger partial charge in [0, 0.05) is 0 Å². The Labute approximate surface area is 104 Å². The molecule has 1 aromatic rings. The highest BCUT2D eigenvalue weighted by Gasteiger charge is 2.29. The molecule has 1 N–H and O–H groups in total. The maximum Gasteiger partial charge on any atom is 0.334 e. The minimum absolute atomic E-state index is 0.00261. The van der Waals surface area contributed by atoms with Crippen LogP contribution in [-0.4, -0.2) is 25.7 Å². The Morgan fingerprint density at radius 3 is 2.61 bits per heavy atom. The first-order valence-electron chi connectivity index (χ1n) is 5.28. The molecule has 18 heavy (non-hydrogen) atoms. The number of ether oxygens (including phenoxy) is 1. The van der Waals surface area contributed by atoms with Crippen molar-refractivity contribution in [3.05, 3.63) is 28.3 Å². The Kier molecular flexibility index (Phi) is 3.12. The fourth-order valence-corrected chi connectivity index (χ4v) is 2.02. The second-order valence-corrected chi connectivity index (χ2v) is 5.85. The van der Waals surface area contributed by atoms with E-state index in [9.17, 15) is 18.5 Å². The van der Waals surface area contributed by atoms with Crippen LogP contribution < -0.4 is 9.46 Å². The Morgan fingerprint density at radius 2 is 2.11 bits per heavy atom. The van der Waals surface area contributed by atoms with E-state index in [0.29, 0.717) is 0 Å². The highest BCUT2D eigenvalue weighted by atomic mass is 32.2. The van der Waals surface area contributed by atoms with E-state index in [2.05, 4.69) is 4.72 Å². The van der Waals surface area contributed by atoms with Crippen LogP contribution in [0.15, 0.2) is 18.2 Å². The Morgan fingerprint density at radius 1 is 1.44 bits per heavy atom. The predicted molar refractivity (Wildman–Crippen MR) is 65.2 cm³/mol. The molecule has 0 heterocycles. The summed E-state index contributed by atoms with van der Waals surface area (Å²) in [5, 5.41) is 11.0. The van der Waals surface area contributed by atoms with Crippen LogP contribution in [0.5, 0.6) is 5.75 Å². The number of rotatable bonds is 5. The minimum atomic E-state index is -3.57. The molecule has 98 valence electrons. The van der Waals surface area contributed by atoms with Crippen LogP contribution in [0.25, 0.3) is 0 Å². The molecule has 1 aromatic carbocycles. The normalized spacial score (nSPS) is 15.2. The summed E-state index contributed by atoms with van der Waals surface area (Å²) in [7, 11) is -3.57. The van der Waals surface area contributed by atoms with E-state index in [4.69, 9.17) is 4.74 Å². The van der Waals surface area contributed by atoms with Crippen molar-refractivity contribution in [3.63, 3.8) is 0 Å². The number of nitrogens with one attached hydrogen (secondary N) is 1. The highest BCUT2D eigenvalue weighted by Crippen LogP contribution is 2.38. The monoisotopic (exact) mass is 272 g/mol. The second-order valence-electron chi connectivity index (χ2n) is 4.10. The van der Waals surface area contributed by atoms with Gasteiger partial charge in [-0.3, -0.25) is 14.8 Å². The number of para-hydroxylation sites is 1. The first-order valence-corrected chi connectivity index (χ1v) is 7.18. The molecule has 0 saturated heterocycles. The van der Waals surface area contributed by atoms with Crippen LogP contribution >= 0.6 is 0 Å². The van der Waals surface area contributed by atoms with Gasteiger partial charge in [-0.25, -0.2) is 8.42 Å². The van der Waals surface area contributed by atoms with E-state index in [1.54, 1.807) is 0 Å². The van der Waals surface area contributed by atoms with Crippen molar-refractivity contribution in [2.24, 2.45) is 0 Å². The smallest absolute Gasteiger partial charge is 0.334 e. The first-order chi connectivity index (χ1) is 8.37. The summed E-state index contributed by atoms with van der Waals surface area (Å²) in [6.07, 6.45) is 2.66. The number of hydrogen-bond acceptors (Lipinski definition) is 5. The first kappa shape index (κ1) is 12.6. The lowest BCUT2D eigenvalue weighted by Gasteiger charge is -2.09. The summed E-state index contributed by atoms with van der Waals surface area (Å²) < 4.78 is 29.8. The van der Waals surface area contributed by atoms with Gasteiger partial charge in [-0.2, -0.15) is 0 Å². The van der Waals surface area contributed by atoms with Crippen molar-refractivity contribution in [2.75, 3.05) is 11.0 Å². The van der Waals surface area contributed by atoms with Crippen LogP contribution in [0.1, 0.15) is 12.8 Å². The molecule has 0 radical (unpaired) electrons. The third-order valence-electron chi connectivity index (χ3n) is 2.29. The molecule has 0 unspecified atom stereocenters. The number of nitro benzene ring substituents is 1. The second kappa shape index (κ2) is 4.45. The molecule has 7 nitrogen and oxygen atoms in total. The summed E-state index contributed by atoms with van der Waals surface area (Å²) in [4.78, 5) is 10.4. The third-order valence-corrected chi connectivity index (χ3v) is 2.89. The zero-order valence-corrected chi connectivity index (χ0v) is 10.4. The SMILES string of the molecule is CS(=O)(=O)Nc1cccc(OC2CC2)c1[N+](=O)[O-]. The van der Waals surface area contributed by atoms with Crippen LogP contribution in [-0.2, 0) is 10.0 Å². The topological polar surface area (TPSA) is 98.5 Å². The molecule has 0 atom stereocenters. The fraction of sp³-hybridized carbons (Fsp3) is 0.400. The van der Waals surface area contributed by atoms with Gasteiger partial charge in [-0.1, -0.05) is 6.07 Å². The molecule has 2 rings (SSSR count). The Balaban J connectivity index is 2.41. The van der Waals surface area contributed by atoms with E-state index in [-0.39, 0.29) is 23.2 Å². The van der Waals surface area contributed by atoms with Gasteiger partial charge in [0.1, 0.15) is 5.69 Å². The van der Waals surface area contributed by atoms with Gasteiger partial charge in [0.25, 0.3) is 0 Å². The van der Waals surface area contributed by atoms with Gasteiger partial charge in [0.2, 0.25) is 10.0 Å². The minimum Gasteiger partial charge on any atom is -0.483 e. The number of hydrogen-bond donors (Lipinski definition) is 1. The molecular formula is C10H12N2O5S. The molecule has 0 bridgehead atoms. The average molecular weight is 272 g/mol. The van der Waals surface area contributed by atoms with Gasteiger partial charge in [0.15, 0.2) is 5.75 Å². The van der Waals surface area contributed by atoms with E-state index >= 15 is 0 Å². The Bertz CT molecular complexity index is 580. The number of anilines is 1. The van der Waals surface area contributed by atoms with Crippen molar-refractivity contribution in [3.8, 4) is 5.75 Å². The lowest BCUT2D eigenvalue weighted by atomic mass is 10.2. The largest absolute Gasteiger partial charge is 0.483 e. The summed E-state index contributed by atoms with van der Waals surface area (Å²) >= 11 is 0. The van der Waals surface area contributed by atoms with E-state index in [1.165, 1.54) is 18.2 Å². The van der Waals surface area contributed by atoms with Crippen molar-refractivity contribution in [1.29, 1.82) is 0 Å². The fourth-order valence-electron chi connectivity index (χ4n) is 1.45. The van der Waals surface area contributed by atoms with Crippen molar-refractivity contribution in [1.82, 2.24) is 0 Å². The van der Waals surface area contributed by atoms with Crippen molar-refractivity contribution in [2.45, 2.75) is 18.9 Å². The van der Waals surface area contributed by atoms with Crippen molar-refractivity contribution < 1.29 is 18.1 Å². The molecule has 1 aliphatic rings. The number of benzene rings is 1. The zero-order chi connectivity index (χ0) is 13.3. The highest BCUT2D eigenvalue weighted by molar-refractivity contribution is 7.92. The standard InChI is InChI=1S/C10H12N2O5S/c1-18(15,16)11-8-3-2-4-9(10(8)12(13)14)17-7-5-6-7/h2-4,7,11H,5-6H2,1H3. The lowest BCUT2D eigenvalue weighted by Crippen LogP contribution is -2.12. The molecule has 1 fully saturated rings. The maximum atomic E-state index is 11.1. The van der Waals surface area contributed by atoms with Gasteiger partial charge in [-0.05, 0) is 25.0 Å². The van der Waals surface area contributed by atoms with Crippen LogP contribution in [0.4, 0.5) is 11.4 Å². The summed E-state index contributed by atoms with van der Waals surface area (Å²) in [6, 6.07) is 4.31. The molecule has 0 spiro atoms. The molecule has 0 aliphatic heterocycles. The number of sulfonamides is 1. The van der Waals surface area contributed by atoms with E-state index in [0.717, 1.165) is 19.1 Å². The third kappa shape index (κ3) is 3.10. The van der Waals surface area contributed by atoms with Crippen LogP contribution in [0, 0.1) is 10.1 Å². The molecule has 0 aromatic heterocycles. The van der Waals surface area contributed by atoms with Gasteiger partial charge in [-0.15, -0.1) is 0 Å². The maximum absolute atomic E-state index is 11.1. The lowest BCUT2D eigenvalue weighted by molar-refractivity contribution is -0.385. The van der Waals surface area contributed by atoms with E-state index in [1.807, 2.05) is 0 Å². The molecule has 1 saturated carbocycles.